The number of aliphatic hydroxyl groups is 2. The van der Waals surface area contributed by atoms with Gasteiger partial charge >= 0.3 is 11.9 Å². The van der Waals surface area contributed by atoms with Crippen LogP contribution >= 0.6 is 0 Å². The Morgan fingerprint density at radius 1 is 1.14 bits per heavy atom. The number of carbonyl (C=O) groups excluding carboxylic acids is 3. The molecule has 0 amide bonds. The third-order valence-electron chi connectivity index (χ3n) is 9.80. The number of hydrogen-bond donors (Lipinski definition) is 2. The maximum atomic E-state index is 14.4. The van der Waals surface area contributed by atoms with Gasteiger partial charge in [0, 0.05) is 31.1 Å². The van der Waals surface area contributed by atoms with Gasteiger partial charge in [-0.25, -0.2) is 4.79 Å². The monoisotopic (exact) mass is 500 g/mol. The second-order valence-electron chi connectivity index (χ2n) is 11.6. The molecule has 0 aromatic heterocycles. The first-order valence-corrected chi connectivity index (χ1v) is 13.0. The Labute approximate surface area is 211 Å². The summed E-state index contributed by atoms with van der Waals surface area (Å²) in [4.78, 5) is 39.9. The zero-order valence-electron chi connectivity index (χ0n) is 21.3. The lowest BCUT2D eigenvalue weighted by molar-refractivity contribution is -0.281. The van der Waals surface area contributed by atoms with Gasteiger partial charge in [0.25, 0.3) is 0 Å². The number of aliphatic hydroxyl groups excluding tert-OH is 1. The molecule has 1 aliphatic heterocycles. The van der Waals surface area contributed by atoms with Crippen molar-refractivity contribution in [2.75, 3.05) is 6.61 Å². The quantitative estimate of drug-likeness (QED) is 0.608. The van der Waals surface area contributed by atoms with Crippen LogP contribution in [0.3, 0.4) is 0 Å². The molecule has 1 saturated heterocycles. The smallest absolute Gasteiger partial charge is 0.338 e. The Bertz CT molecular complexity index is 1040. The normalized spacial score (nSPS) is 45.7. The predicted molar refractivity (Wildman–Crippen MR) is 128 cm³/mol. The van der Waals surface area contributed by atoms with Gasteiger partial charge in [-0.2, -0.15) is 0 Å². The molecule has 0 spiro atoms. The van der Waals surface area contributed by atoms with Crippen molar-refractivity contribution < 1.29 is 38.8 Å². The molecule has 8 heteroatoms. The zero-order chi connectivity index (χ0) is 26.0. The molecule has 8 nitrogen and oxygen atoms in total. The molecule has 196 valence electrons. The highest BCUT2D eigenvalue weighted by Crippen LogP contribution is 2.60. The molecule has 2 bridgehead atoms. The van der Waals surface area contributed by atoms with Crippen LogP contribution in [0.25, 0.3) is 0 Å². The molecule has 1 heterocycles. The summed E-state index contributed by atoms with van der Waals surface area (Å²) in [6, 6.07) is 8.57. The van der Waals surface area contributed by atoms with Crippen LogP contribution in [-0.4, -0.2) is 64.6 Å². The number of ether oxygens (including phenoxy) is 3. The van der Waals surface area contributed by atoms with E-state index in [-0.39, 0.29) is 30.1 Å². The number of ketones is 1. The van der Waals surface area contributed by atoms with Gasteiger partial charge in [0.2, 0.25) is 0 Å². The maximum Gasteiger partial charge on any atom is 0.338 e. The van der Waals surface area contributed by atoms with E-state index in [9.17, 15) is 24.6 Å². The molecule has 1 aromatic rings. The number of hydrogen-bond acceptors (Lipinski definition) is 8. The van der Waals surface area contributed by atoms with Gasteiger partial charge in [-0.3, -0.25) is 9.59 Å². The van der Waals surface area contributed by atoms with Crippen LogP contribution in [0.1, 0.15) is 57.3 Å². The van der Waals surface area contributed by atoms with Crippen molar-refractivity contribution in [1.82, 2.24) is 0 Å². The minimum absolute atomic E-state index is 0.0280. The largest absolute Gasteiger partial charge is 0.455 e. The van der Waals surface area contributed by atoms with E-state index in [0.29, 0.717) is 25.0 Å². The summed E-state index contributed by atoms with van der Waals surface area (Å²) in [5.41, 5.74) is -2.54. The van der Waals surface area contributed by atoms with Crippen LogP contribution in [0.4, 0.5) is 0 Å². The third-order valence-corrected chi connectivity index (χ3v) is 9.80. The number of carbonyl (C=O) groups is 3. The average Bonchev–Trinajstić information content (AvgIpc) is 2.83. The van der Waals surface area contributed by atoms with E-state index in [2.05, 4.69) is 0 Å². The average molecular weight is 501 g/mol. The van der Waals surface area contributed by atoms with Gasteiger partial charge in [-0.05, 0) is 43.7 Å². The summed E-state index contributed by atoms with van der Waals surface area (Å²) in [6.07, 6.45) is -2.37. The summed E-state index contributed by atoms with van der Waals surface area (Å²) < 4.78 is 17.6. The van der Waals surface area contributed by atoms with Crippen molar-refractivity contribution in [3.05, 3.63) is 35.9 Å². The molecule has 4 aliphatic rings. The highest BCUT2D eigenvalue weighted by molar-refractivity contribution is 5.92. The minimum atomic E-state index is -1.48. The summed E-state index contributed by atoms with van der Waals surface area (Å²) in [5.74, 6) is -3.45. The Balaban J connectivity index is 1.68. The molecule has 0 radical (unpaired) electrons. The zero-order valence-corrected chi connectivity index (χ0v) is 21.3. The van der Waals surface area contributed by atoms with Gasteiger partial charge in [-0.15, -0.1) is 0 Å². The summed E-state index contributed by atoms with van der Waals surface area (Å²) in [5, 5.41) is 23.8. The summed E-state index contributed by atoms with van der Waals surface area (Å²) in [6.45, 7) is 7.13. The Morgan fingerprint density at radius 2 is 1.83 bits per heavy atom. The second kappa shape index (κ2) is 8.92. The fraction of sp³-hybridized carbons (Fsp3) is 0.679. The molecule has 5 rings (SSSR count). The minimum Gasteiger partial charge on any atom is -0.455 e. The number of rotatable bonds is 3. The lowest BCUT2D eigenvalue weighted by atomic mass is 9.47. The van der Waals surface area contributed by atoms with E-state index in [0.717, 1.165) is 0 Å². The summed E-state index contributed by atoms with van der Waals surface area (Å²) >= 11 is 0. The van der Waals surface area contributed by atoms with E-state index in [1.807, 2.05) is 13.8 Å². The number of Topliss-reactive ketones (excluding diaryl/α,β-unsaturated/α-hetero) is 1. The SMILES string of the molecule is CC(=O)O[C@H]1C(=O)[C@@]2(C)[C@@H]([C@@H]3CO[C@@H]3C[C@@H]2O)[C@H](OC(=O)c2ccccc2)[C@]2(O)CCC(C)C1[C@H]2C. The van der Waals surface area contributed by atoms with Crippen LogP contribution in [-0.2, 0) is 23.8 Å². The van der Waals surface area contributed by atoms with E-state index >= 15 is 0 Å². The van der Waals surface area contributed by atoms with Gasteiger partial charge in [0.05, 0.1) is 29.8 Å². The van der Waals surface area contributed by atoms with Gasteiger partial charge < -0.3 is 24.4 Å². The van der Waals surface area contributed by atoms with E-state index in [1.165, 1.54) is 6.92 Å². The first-order chi connectivity index (χ1) is 17.0. The van der Waals surface area contributed by atoms with Crippen LogP contribution in [0.2, 0.25) is 0 Å². The van der Waals surface area contributed by atoms with Crippen molar-refractivity contribution in [3.63, 3.8) is 0 Å². The van der Waals surface area contributed by atoms with Crippen molar-refractivity contribution in [3.8, 4) is 0 Å². The van der Waals surface area contributed by atoms with Crippen molar-refractivity contribution >= 4 is 17.7 Å². The molecule has 2 N–H and O–H groups in total. The standard InChI is InChI=1S/C28H36O8/c1-14-10-11-28(33)15(2)21(14)23(35-16(3)29)24(31)27(4)20(30)12-19-18(13-34-19)22(27)25(28)36-26(32)17-8-6-5-7-9-17/h5-9,14-15,18-23,25,30,33H,10-13H2,1-4H3/t14?,15-,18-,19-,20+,21?,22+,23-,25+,27-,28+/m1/s1. The van der Waals surface area contributed by atoms with Crippen molar-refractivity contribution in [2.24, 2.45) is 35.0 Å². The van der Waals surface area contributed by atoms with Crippen LogP contribution in [0.15, 0.2) is 30.3 Å². The van der Waals surface area contributed by atoms with E-state index in [1.54, 1.807) is 37.3 Å². The number of esters is 2. The van der Waals surface area contributed by atoms with Crippen LogP contribution in [0.5, 0.6) is 0 Å². The highest BCUT2D eigenvalue weighted by Gasteiger charge is 2.70. The maximum absolute atomic E-state index is 14.4. The molecular formula is C28H36O8. The van der Waals surface area contributed by atoms with E-state index < -0.39 is 59.0 Å². The van der Waals surface area contributed by atoms with Crippen LogP contribution in [0, 0.1) is 35.0 Å². The van der Waals surface area contributed by atoms with Crippen LogP contribution < -0.4 is 0 Å². The first kappa shape index (κ1) is 25.4. The van der Waals surface area contributed by atoms with Gasteiger partial charge in [0.15, 0.2) is 11.9 Å². The third kappa shape index (κ3) is 3.63. The molecule has 11 atom stereocenters. The fourth-order valence-electron chi connectivity index (χ4n) is 7.62. The molecular weight excluding hydrogens is 464 g/mol. The first-order valence-electron chi connectivity index (χ1n) is 13.0. The molecule has 36 heavy (non-hydrogen) atoms. The highest BCUT2D eigenvalue weighted by atomic mass is 16.6. The second-order valence-corrected chi connectivity index (χ2v) is 11.6. The van der Waals surface area contributed by atoms with Gasteiger partial charge in [0.1, 0.15) is 11.7 Å². The Morgan fingerprint density at radius 3 is 2.44 bits per heavy atom. The molecule has 1 aromatic carbocycles. The molecule has 3 aliphatic carbocycles. The van der Waals surface area contributed by atoms with Crippen molar-refractivity contribution in [1.29, 1.82) is 0 Å². The van der Waals surface area contributed by atoms with Gasteiger partial charge in [-0.1, -0.05) is 32.0 Å². The Kier molecular flexibility index (Phi) is 6.29. The molecule has 3 saturated carbocycles. The predicted octanol–water partition coefficient (Wildman–Crippen LogP) is 2.54. The number of fused-ring (bicyclic) bond motifs is 5. The Hall–Kier alpha value is -2.29. The lowest BCUT2D eigenvalue weighted by Crippen LogP contribution is -2.74. The fourth-order valence-corrected chi connectivity index (χ4v) is 7.62. The van der Waals surface area contributed by atoms with Crippen molar-refractivity contribution in [2.45, 2.75) is 77.0 Å². The number of benzene rings is 1. The topological polar surface area (TPSA) is 119 Å². The molecule has 4 fully saturated rings. The lowest BCUT2D eigenvalue weighted by Gasteiger charge is -2.63. The summed E-state index contributed by atoms with van der Waals surface area (Å²) in [7, 11) is 0. The molecule has 2 unspecified atom stereocenters. The van der Waals surface area contributed by atoms with E-state index in [4.69, 9.17) is 14.2 Å².